The molecule has 2 aromatic rings. The third-order valence-electron chi connectivity index (χ3n) is 2.84. The number of halogens is 1. The van der Waals surface area contributed by atoms with E-state index >= 15 is 0 Å². The molecule has 1 aromatic carbocycles. The first-order valence-electron chi connectivity index (χ1n) is 5.96. The molecule has 1 fully saturated rings. The fourth-order valence-corrected chi connectivity index (χ4v) is 2.92. The SMILES string of the molecule is Cc1cc(F)ccc1-n1cc(/C=C2\SC(=S)NC2=O)nn1. The van der Waals surface area contributed by atoms with Gasteiger partial charge in [0.2, 0.25) is 0 Å². The van der Waals surface area contributed by atoms with Gasteiger partial charge in [0.25, 0.3) is 5.91 Å². The molecule has 21 heavy (non-hydrogen) atoms. The molecule has 1 amide bonds. The summed E-state index contributed by atoms with van der Waals surface area (Å²) in [6, 6.07) is 4.41. The van der Waals surface area contributed by atoms with Gasteiger partial charge in [-0.05, 0) is 36.8 Å². The van der Waals surface area contributed by atoms with E-state index in [1.165, 1.54) is 28.6 Å². The average Bonchev–Trinajstić information content (AvgIpc) is 2.97. The van der Waals surface area contributed by atoms with Gasteiger partial charge in [-0.25, -0.2) is 9.07 Å². The predicted octanol–water partition coefficient (Wildman–Crippen LogP) is 2.20. The number of aromatic nitrogens is 3. The van der Waals surface area contributed by atoms with E-state index in [2.05, 4.69) is 15.6 Å². The summed E-state index contributed by atoms with van der Waals surface area (Å²) >= 11 is 6.10. The predicted molar refractivity (Wildman–Crippen MR) is 82.4 cm³/mol. The molecule has 2 heterocycles. The van der Waals surface area contributed by atoms with E-state index in [1.54, 1.807) is 25.3 Å². The normalized spacial score (nSPS) is 16.6. The quantitative estimate of drug-likeness (QED) is 0.679. The lowest BCUT2D eigenvalue weighted by Gasteiger charge is -2.03. The summed E-state index contributed by atoms with van der Waals surface area (Å²) in [5.74, 6) is -0.538. The number of benzene rings is 1. The first-order valence-corrected chi connectivity index (χ1v) is 7.19. The van der Waals surface area contributed by atoms with Gasteiger partial charge < -0.3 is 5.32 Å². The zero-order valence-corrected chi connectivity index (χ0v) is 12.5. The molecule has 0 bridgehead atoms. The van der Waals surface area contributed by atoms with Crippen LogP contribution in [0.1, 0.15) is 11.3 Å². The largest absolute Gasteiger partial charge is 0.307 e. The van der Waals surface area contributed by atoms with Crippen LogP contribution >= 0.6 is 24.0 Å². The average molecular weight is 320 g/mol. The fraction of sp³-hybridized carbons (Fsp3) is 0.0769. The lowest BCUT2D eigenvalue weighted by atomic mass is 10.2. The van der Waals surface area contributed by atoms with Gasteiger partial charge in [0.1, 0.15) is 15.8 Å². The Morgan fingerprint density at radius 3 is 2.95 bits per heavy atom. The molecule has 0 spiro atoms. The molecule has 106 valence electrons. The molecular weight excluding hydrogens is 311 g/mol. The standard InChI is InChI=1S/C13H9FN4OS2/c1-7-4-8(14)2-3-10(7)18-6-9(16-17-18)5-11-12(19)15-13(20)21-11/h2-6H,1H3,(H,15,19,20)/b11-5-. The molecule has 1 aliphatic heterocycles. The Hall–Kier alpha value is -2.06. The Balaban J connectivity index is 1.92. The summed E-state index contributed by atoms with van der Waals surface area (Å²) in [4.78, 5) is 12.0. The number of nitrogens with zero attached hydrogens (tertiary/aromatic N) is 3. The van der Waals surface area contributed by atoms with E-state index in [0.717, 1.165) is 11.3 Å². The van der Waals surface area contributed by atoms with Crippen LogP contribution in [-0.2, 0) is 4.79 Å². The molecule has 0 aliphatic carbocycles. The smallest absolute Gasteiger partial charge is 0.263 e. The number of rotatable bonds is 2. The number of thioether (sulfide) groups is 1. The van der Waals surface area contributed by atoms with Crippen LogP contribution in [0.2, 0.25) is 0 Å². The summed E-state index contributed by atoms with van der Waals surface area (Å²) < 4.78 is 15.1. The van der Waals surface area contributed by atoms with E-state index in [-0.39, 0.29) is 11.7 Å². The number of nitrogens with one attached hydrogen (secondary N) is 1. The number of amides is 1. The van der Waals surface area contributed by atoms with Crippen molar-refractivity contribution in [3.63, 3.8) is 0 Å². The van der Waals surface area contributed by atoms with Crippen LogP contribution in [0.5, 0.6) is 0 Å². The number of aryl methyl sites for hydroxylation is 1. The van der Waals surface area contributed by atoms with Crippen molar-refractivity contribution in [1.29, 1.82) is 0 Å². The highest BCUT2D eigenvalue weighted by Gasteiger charge is 2.22. The molecule has 0 radical (unpaired) electrons. The fourth-order valence-electron chi connectivity index (χ4n) is 1.89. The minimum Gasteiger partial charge on any atom is -0.307 e. The van der Waals surface area contributed by atoms with Crippen LogP contribution in [0.25, 0.3) is 11.8 Å². The van der Waals surface area contributed by atoms with Gasteiger partial charge in [0, 0.05) is 0 Å². The van der Waals surface area contributed by atoms with Crippen molar-refractivity contribution in [1.82, 2.24) is 20.3 Å². The van der Waals surface area contributed by atoms with E-state index in [9.17, 15) is 9.18 Å². The number of carbonyl (C=O) groups excluding carboxylic acids is 1. The monoisotopic (exact) mass is 320 g/mol. The second kappa shape index (κ2) is 5.38. The van der Waals surface area contributed by atoms with Crippen LogP contribution in [0.4, 0.5) is 4.39 Å². The zero-order chi connectivity index (χ0) is 15.0. The summed E-state index contributed by atoms with van der Waals surface area (Å²) in [7, 11) is 0. The second-order valence-electron chi connectivity index (χ2n) is 4.37. The zero-order valence-electron chi connectivity index (χ0n) is 10.8. The highest BCUT2D eigenvalue weighted by atomic mass is 32.2. The molecule has 0 saturated carbocycles. The first-order chi connectivity index (χ1) is 10.0. The second-order valence-corrected chi connectivity index (χ2v) is 6.09. The molecule has 1 saturated heterocycles. The molecule has 5 nitrogen and oxygen atoms in total. The van der Waals surface area contributed by atoms with Crippen LogP contribution in [0.15, 0.2) is 29.3 Å². The van der Waals surface area contributed by atoms with Crippen molar-refractivity contribution >= 4 is 40.3 Å². The molecule has 0 atom stereocenters. The molecule has 1 aromatic heterocycles. The van der Waals surface area contributed by atoms with E-state index in [0.29, 0.717) is 14.9 Å². The third-order valence-corrected chi connectivity index (χ3v) is 4.00. The Labute approximate surface area is 129 Å². The van der Waals surface area contributed by atoms with E-state index in [4.69, 9.17) is 12.2 Å². The Morgan fingerprint density at radius 2 is 2.29 bits per heavy atom. The van der Waals surface area contributed by atoms with Crippen molar-refractivity contribution in [2.45, 2.75) is 6.92 Å². The van der Waals surface area contributed by atoms with E-state index < -0.39 is 0 Å². The van der Waals surface area contributed by atoms with Crippen molar-refractivity contribution in [3.05, 3.63) is 46.4 Å². The van der Waals surface area contributed by atoms with Gasteiger partial charge >= 0.3 is 0 Å². The van der Waals surface area contributed by atoms with Gasteiger partial charge in [0.05, 0.1) is 16.8 Å². The topological polar surface area (TPSA) is 59.8 Å². The third kappa shape index (κ3) is 2.86. The molecule has 8 heteroatoms. The van der Waals surface area contributed by atoms with Crippen LogP contribution in [0, 0.1) is 12.7 Å². The Kier molecular flexibility index (Phi) is 3.56. The summed E-state index contributed by atoms with van der Waals surface area (Å²) in [6.45, 7) is 1.79. The van der Waals surface area contributed by atoms with Gasteiger partial charge in [-0.3, -0.25) is 4.79 Å². The molecule has 1 aliphatic rings. The first kappa shape index (κ1) is 13.9. The maximum atomic E-state index is 13.1. The highest BCUT2D eigenvalue weighted by molar-refractivity contribution is 8.26. The number of hydrogen-bond acceptors (Lipinski definition) is 5. The van der Waals surface area contributed by atoms with Gasteiger partial charge in [-0.2, -0.15) is 0 Å². The molecule has 0 unspecified atom stereocenters. The summed E-state index contributed by atoms with van der Waals surface area (Å²) in [5, 5.41) is 10.5. The summed E-state index contributed by atoms with van der Waals surface area (Å²) in [6.07, 6.45) is 3.28. The lowest BCUT2D eigenvalue weighted by Crippen LogP contribution is -2.17. The van der Waals surface area contributed by atoms with Gasteiger partial charge in [0.15, 0.2) is 0 Å². The van der Waals surface area contributed by atoms with Gasteiger partial charge in [-0.15, -0.1) is 5.10 Å². The number of carbonyl (C=O) groups is 1. The Morgan fingerprint density at radius 1 is 1.48 bits per heavy atom. The minimum atomic E-state index is -0.300. The number of thiocarbonyl (C=S) groups is 1. The lowest BCUT2D eigenvalue weighted by molar-refractivity contribution is -0.115. The number of hydrogen-bond donors (Lipinski definition) is 1. The minimum absolute atomic E-state index is 0.238. The van der Waals surface area contributed by atoms with Crippen LogP contribution in [-0.4, -0.2) is 25.2 Å². The van der Waals surface area contributed by atoms with Gasteiger partial charge in [-0.1, -0.05) is 29.2 Å². The van der Waals surface area contributed by atoms with E-state index in [1.807, 2.05) is 0 Å². The van der Waals surface area contributed by atoms with Crippen LogP contribution < -0.4 is 5.32 Å². The summed E-state index contributed by atoms with van der Waals surface area (Å²) in [5.41, 5.74) is 2.00. The van der Waals surface area contributed by atoms with Crippen LogP contribution in [0.3, 0.4) is 0 Å². The molecule has 3 rings (SSSR count). The maximum absolute atomic E-state index is 13.1. The van der Waals surface area contributed by atoms with Crippen molar-refractivity contribution in [3.8, 4) is 5.69 Å². The van der Waals surface area contributed by atoms with Crippen molar-refractivity contribution < 1.29 is 9.18 Å². The Bertz CT molecular complexity index is 784. The van der Waals surface area contributed by atoms with Crippen molar-refractivity contribution in [2.24, 2.45) is 0 Å². The molecule has 1 N–H and O–H groups in total. The highest BCUT2D eigenvalue weighted by Crippen LogP contribution is 2.25. The maximum Gasteiger partial charge on any atom is 0.263 e. The molecular formula is C13H9FN4OS2. The van der Waals surface area contributed by atoms with Crippen molar-refractivity contribution in [2.75, 3.05) is 0 Å².